The van der Waals surface area contributed by atoms with E-state index in [9.17, 15) is 9.59 Å². The Labute approximate surface area is 244 Å². The van der Waals surface area contributed by atoms with Crippen molar-refractivity contribution in [2.75, 3.05) is 11.9 Å². The van der Waals surface area contributed by atoms with Crippen molar-refractivity contribution in [3.63, 3.8) is 0 Å². The maximum Gasteiger partial charge on any atom is 0.243 e. The van der Waals surface area contributed by atoms with E-state index in [1.54, 1.807) is 30.5 Å². The van der Waals surface area contributed by atoms with Crippen LogP contribution in [-0.4, -0.2) is 43.6 Å². The van der Waals surface area contributed by atoms with Crippen molar-refractivity contribution in [2.45, 2.75) is 46.2 Å². The Kier molecular flexibility index (Phi) is 7.73. The molecule has 0 aromatic carbocycles. The number of carbonyl (C=O) groups excluding carboxylic acids is 2. The lowest BCUT2D eigenvalue weighted by Gasteiger charge is -2.22. The molecule has 9 nitrogen and oxygen atoms in total. The number of anilines is 1. The van der Waals surface area contributed by atoms with Gasteiger partial charge in [-0.15, -0.1) is 0 Å². The lowest BCUT2D eigenvalue weighted by molar-refractivity contribution is -0.119. The van der Waals surface area contributed by atoms with E-state index < -0.39 is 5.92 Å². The Bertz CT molecular complexity index is 1610. The van der Waals surface area contributed by atoms with Crippen LogP contribution >= 0.6 is 11.6 Å². The Morgan fingerprint density at radius 3 is 2.61 bits per heavy atom. The monoisotopic (exact) mass is 569 g/mol. The summed E-state index contributed by atoms with van der Waals surface area (Å²) in [5.74, 6) is -0.300. The van der Waals surface area contributed by atoms with Crippen molar-refractivity contribution in [1.82, 2.24) is 30.0 Å². The largest absolute Gasteiger partial charge is 0.347 e. The average Bonchev–Trinajstić information content (AvgIpc) is 3.50. The van der Waals surface area contributed by atoms with Gasteiger partial charge in [-0.3, -0.25) is 29.1 Å². The second kappa shape index (κ2) is 11.2. The van der Waals surface area contributed by atoms with Gasteiger partial charge < -0.3 is 5.32 Å². The molecular weight excluding hydrogens is 538 g/mol. The zero-order valence-corrected chi connectivity index (χ0v) is 24.3. The molecule has 1 N–H and O–H groups in total. The fourth-order valence-corrected chi connectivity index (χ4v) is 5.20. The van der Waals surface area contributed by atoms with Crippen LogP contribution in [0, 0.1) is 5.41 Å². The van der Waals surface area contributed by atoms with Gasteiger partial charge in [-0.2, -0.15) is 5.10 Å². The highest BCUT2D eigenvalue weighted by atomic mass is 35.5. The zero-order valence-electron chi connectivity index (χ0n) is 23.6. The van der Waals surface area contributed by atoms with Crippen molar-refractivity contribution in [1.29, 1.82) is 0 Å². The molecule has 0 unspecified atom stereocenters. The van der Waals surface area contributed by atoms with E-state index in [4.69, 9.17) is 11.6 Å². The van der Waals surface area contributed by atoms with Gasteiger partial charge in [0.25, 0.3) is 0 Å². The molecule has 1 atom stereocenters. The number of carbonyl (C=O) groups is 2. The number of hydrogen-bond acceptors (Lipinski definition) is 6. The zero-order chi connectivity index (χ0) is 29.3. The molecule has 1 aliphatic heterocycles. The predicted molar refractivity (Wildman–Crippen MR) is 159 cm³/mol. The van der Waals surface area contributed by atoms with Crippen molar-refractivity contribution in [3.8, 4) is 22.4 Å². The van der Waals surface area contributed by atoms with E-state index in [1.165, 1.54) is 6.08 Å². The summed E-state index contributed by atoms with van der Waals surface area (Å²) in [4.78, 5) is 39.8. The highest BCUT2D eigenvalue weighted by Gasteiger charge is 2.32. The Morgan fingerprint density at radius 2 is 1.93 bits per heavy atom. The minimum atomic E-state index is -0.447. The first-order valence-corrected chi connectivity index (χ1v) is 13.7. The van der Waals surface area contributed by atoms with E-state index in [2.05, 4.69) is 45.8 Å². The SMILES string of the molecule is C=CC(=O)NCc1ccc(-c2ccc([C@H](C)C(=O)N(C)c3cc(-c4cnn5c4CC(C)(C)C5)c(Cl)cn3)cn2)cn1. The van der Waals surface area contributed by atoms with Gasteiger partial charge in [-0.05, 0) is 54.7 Å². The fourth-order valence-electron chi connectivity index (χ4n) is 5.00. The molecule has 0 saturated heterocycles. The van der Waals surface area contributed by atoms with Crippen LogP contribution in [0.25, 0.3) is 22.4 Å². The fraction of sp³-hybridized carbons (Fsp3) is 0.290. The number of pyridine rings is 3. The van der Waals surface area contributed by atoms with Crippen LogP contribution in [0.2, 0.25) is 5.02 Å². The third-order valence-corrected chi connectivity index (χ3v) is 7.69. The predicted octanol–water partition coefficient (Wildman–Crippen LogP) is 5.21. The number of hydrogen-bond donors (Lipinski definition) is 1. The molecule has 0 aliphatic carbocycles. The number of likely N-dealkylation sites (N-methyl/N-ethyl adjacent to an activating group) is 1. The lowest BCUT2D eigenvalue weighted by atomic mass is 9.89. The first kappa shape index (κ1) is 28.2. The van der Waals surface area contributed by atoms with E-state index in [-0.39, 0.29) is 17.2 Å². The van der Waals surface area contributed by atoms with Gasteiger partial charge in [-0.1, -0.05) is 38.1 Å². The summed E-state index contributed by atoms with van der Waals surface area (Å²) < 4.78 is 2.04. The summed E-state index contributed by atoms with van der Waals surface area (Å²) in [6.45, 7) is 10.9. The van der Waals surface area contributed by atoms with Crippen molar-refractivity contribution < 1.29 is 9.59 Å². The molecule has 0 fully saturated rings. The summed E-state index contributed by atoms with van der Waals surface area (Å²) in [7, 11) is 1.72. The molecular formula is C31H32ClN7O2. The molecule has 10 heteroatoms. The van der Waals surface area contributed by atoms with Crippen molar-refractivity contribution in [3.05, 3.63) is 89.7 Å². The minimum Gasteiger partial charge on any atom is -0.347 e. The summed E-state index contributed by atoms with van der Waals surface area (Å²) in [5, 5.41) is 7.79. The Hall–Kier alpha value is -4.37. The van der Waals surface area contributed by atoms with E-state index in [1.807, 2.05) is 48.1 Å². The van der Waals surface area contributed by atoms with Crippen LogP contribution in [0.4, 0.5) is 5.82 Å². The maximum atomic E-state index is 13.5. The van der Waals surface area contributed by atoms with E-state index >= 15 is 0 Å². The second-order valence-corrected chi connectivity index (χ2v) is 11.5. The van der Waals surface area contributed by atoms with Gasteiger partial charge in [0.05, 0.1) is 35.1 Å². The molecule has 1 aliphatic rings. The number of rotatable bonds is 8. The smallest absolute Gasteiger partial charge is 0.243 e. The van der Waals surface area contributed by atoms with Gasteiger partial charge in [-0.25, -0.2) is 4.98 Å². The van der Waals surface area contributed by atoms with Gasteiger partial charge in [0.1, 0.15) is 5.82 Å². The molecule has 0 bridgehead atoms. The molecule has 41 heavy (non-hydrogen) atoms. The molecule has 5 heterocycles. The van der Waals surface area contributed by atoms with Crippen LogP contribution in [0.15, 0.2) is 67.8 Å². The Balaban J connectivity index is 1.29. The van der Waals surface area contributed by atoms with Crippen LogP contribution in [0.3, 0.4) is 0 Å². The summed E-state index contributed by atoms with van der Waals surface area (Å²) >= 11 is 6.58. The van der Waals surface area contributed by atoms with Gasteiger partial charge in [0.15, 0.2) is 0 Å². The number of aromatic nitrogens is 5. The molecule has 4 aromatic heterocycles. The van der Waals surface area contributed by atoms with Crippen molar-refractivity contribution >= 4 is 29.2 Å². The van der Waals surface area contributed by atoms with E-state index in [0.717, 1.165) is 52.3 Å². The average molecular weight is 570 g/mol. The quantitative estimate of drug-likeness (QED) is 0.292. The number of halogens is 1. The van der Waals surface area contributed by atoms with Crippen LogP contribution in [-0.2, 0) is 29.1 Å². The van der Waals surface area contributed by atoms with Crippen LogP contribution in [0.5, 0.6) is 0 Å². The number of fused-ring (bicyclic) bond motifs is 1. The normalized spacial score (nSPS) is 14.3. The van der Waals surface area contributed by atoms with Crippen LogP contribution < -0.4 is 10.2 Å². The number of amides is 2. The summed E-state index contributed by atoms with van der Waals surface area (Å²) in [6, 6.07) is 9.36. The third-order valence-electron chi connectivity index (χ3n) is 7.38. The molecule has 4 aromatic rings. The molecule has 5 rings (SSSR count). The molecule has 0 saturated carbocycles. The van der Waals surface area contributed by atoms with E-state index in [0.29, 0.717) is 17.4 Å². The maximum absolute atomic E-state index is 13.5. The van der Waals surface area contributed by atoms with Gasteiger partial charge >= 0.3 is 0 Å². The summed E-state index contributed by atoms with van der Waals surface area (Å²) in [6.07, 6.45) is 8.98. The van der Waals surface area contributed by atoms with Gasteiger partial charge in [0.2, 0.25) is 11.8 Å². The standard InChI is InChI=1S/C31H32ClN7O2/c1-6-29(40)36-15-22-9-7-21(14-33-22)26-10-8-20(13-34-26)19(2)30(41)38(5)28-11-23(25(32)17-35-28)24-16-37-39-18-31(3,4)12-27(24)39/h6-11,13-14,16-17,19H,1,12,15,18H2,2-5H3,(H,36,40)/t19-/m0/s1. The van der Waals surface area contributed by atoms with Gasteiger partial charge in [0, 0.05) is 54.6 Å². The first-order chi connectivity index (χ1) is 19.6. The first-order valence-electron chi connectivity index (χ1n) is 13.4. The highest BCUT2D eigenvalue weighted by molar-refractivity contribution is 6.33. The van der Waals surface area contributed by atoms with Crippen molar-refractivity contribution in [2.24, 2.45) is 5.41 Å². The minimum absolute atomic E-state index is 0.116. The molecule has 210 valence electrons. The Morgan fingerprint density at radius 1 is 1.12 bits per heavy atom. The topological polar surface area (TPSA) is 106 Å². The molecule has 0 spiro atoms. The third kappa shape index (κ3) is 5.90. The molecule has 0 radical (unpaired) electrons. The van der Waals surface area contributed by atoms with Crippen LogP contribution in [0.1, 0.15) is 43.6 Å². The molecule has 2 amide bonds. The number of nitrogens with zero attached hydrogens (tertiary/aromatic N) is 6. The summed E-state index contributed by atoms with van der Waals surface area (Å²) in [5.41, 5.74) is 6.15. The second-order valence-electron chi connectivity index (χ2n) is 11.1. The lowest BCUT2D eigenvalue weighted by Crippen LogP contribution is -2.31. The number of nitrogens with one attached hydrogen (secondary N) is 1. The highest BCUT2D eigenvalue weighted by Crippen LogP contribution is 2.39.